The van der Waals surface area contributed by atoms with Crippen molar-refractivity contribution in [1.82, 2.24) is 4.57 Å². The van der Waals surface area contributed by atoms with Gasteiger partial charge in [-0.05, 0) is 53.8 Å². The summed E-state index contributed by atoms with van der Waals surface area (Å²) < 4.78 is 7.05. The molecule has 0 fully saturated rings. The van der Waals surface area contributed by atoms with Crippen molar-refractivity contribution in [2.75, 3.05) is 7.11 Å². The number of carbonyl (C=O) groups is 1. The number of hydrogen-bond acceptors (Lipinski definition) is 3. The summed E-state index contributed by atoms with van der Waals surface area (Å²) in [6, 6.07) is 24.4. The molecule has 0 saturated carbocycles. The van der Waals surface area contributed by atoms with Gasteiger partial charge >= 0.3 is 5.97 Å². The maximum Gasteiger partial charge on any atom is 0.337 e. The van der Waals surface area contributed by atoms with Crippen molar-refractivity contribution in [3.63, 3.8) is 0 Å². The highest BCUT2D eigenvalue weighted by atomic mass is 16.5. The predicted molar refractivity (Wildman–Crippen MR) is 131 cm³/mol. The molecule has 0 N–H and O–H groups in total. The molecule has 0 aliphatic carbocycles. The molecule has 0 saturated heterocycles. The lowest BCUT2D eigenvalue weighted by Crippen LogP contribution is -2.03. The molecule has 1 aromatic heterocycles. The number of para-hydroxylation sites is 1. The van der Waals surface area contributed by atoms with Crippen LogP contribution in [0, 0.1) is 0 Å². The van der Waals surface area contributed by atoms with Crippen LogP contribution in [-0.2, 0) is 11.3 Å². The minimum absolute atomic E-state index is 0.323. The first-order chi connectivity index (χ1) is 15.6. The van der Waals surface area contributed by atoms with Crippen molar-refractivity contribution in [3.05, 3.63) is 101 Å². The molecule has 0 aliphatic heterocycles. The molecule has 4 aromatic rings. The van der Waals surface area contributed by atoms with E-state index in [4.69, 9.17) is 9.73 Å². The number of nitrogens with zero attached hydrogens (tertiary/aromatic N) is 2. The first-order valence-corrected chi connectivity index (χ1v) is 11.0. The summed E-state index contributed by atoms with van der Waals surface area (Å²) in [5.74, 6) is 0.236. The first-order valence-electron chi connectivity index (χ1n) is 11.0. The summed E-state index contributed by atoms with van der Waals surface area (Å²) in [4.78, 5) is 16.6. The number of aromatic nitrogens is 1. The van der Waals surface area contributed by atoms with E-state index in [1.54, 1.807) is 6.07 Å². The number of fused-ring (bicyclic) bond motifs is 1. The van der Waals surface area contributed by atoms with Gasteiger partial charge in [0, 0.05) is 35.4 Å². The van der Waals surface area contributed by atoms with Crippen LogP contribution in [0.25, 0.3) is 10.9 Å². The molecule has 0 spiro atoms. The number of benzene rings is 3. The molecule has 32 heavy (non-hydrogen) atoms. The van der Waals surface area contributed by atoms with Crippen molar-refractivity contribution >= 4 is 28.8 Å². The number of carbonyl (C=O) groups excluding carboxylic acids is 1. The van der Waals surface area contributed by atoms with Crippen LogP contribution in [0.1, 0.15) is 53.2 Å². The van der Waals surface area contributed by atoms with E-state index in [1.807, 2.05) is 36.5 Å². The molecule has 3 aromatic carbocycles. The molecule has 0 amide bonds. The zero-order valence-corrected chi connectivity index (χ0v) is 18.8. The average Bonchev–Trinajstić information content (AvgIpc) is 3.19. The number of esters is 1. The van der Waals surface area contributed by atoms with Gasteiger partial charge in [-0.1, -0.05) is 56.3 Å². The van der Waals surface area contributed by atoms with Crippen LogP contribution < -0.4 is 0 Å². The molecule has 1 atom stereocenters. The summed E-state index contributed by atoms with van der Waals surface area (Å²) in [5, 5.41) is 1.15. The van der Waals surface area contributed by atoms with E-state index in [0.29, 0.717) is 18.0 Å². The van der Waals surface area contributed by atoms with E-state index < -0.39 is 0 Å². The zero-order valence-electron chi connectivity index (χ0n) is 18.8. The standard InChI is InChI=1S/C28H28N2O2/c1-4-20(2)22-12-14-25(15-13-22)29-17-24-19-30(27-11-6-5-10-26(24)27)18-21-8-7-9-23(16-21)28(31)32-3/h5-17,19-20H,4,18H2,1-3H3/t20-/m1/s1. The number of rotatable bonds is 7. The van der Waals surface area contributed by atoms with E-state index in [9.17, 15) is 4.79 Å². The quantitative estimate of drug-likeness (QED) is 0.243. The van der Waals surface area contributed by atoms with Crippen molar-refractivity contribution in [2.45, 2.75) is 32.7 Å². The fourth-order valence-electron chi connectivity index (χ4n) is 3.89. The molecule has 0 aliphatic rings. The largest absolute Gasteiger partial charge is 0.465 e. The Labute approximate surface area is 189 Å². The molecule has 0 radical (unpaired) electrons. The van der Waals surface area contributed by atoms with E-state index in [2.05, 4.69) is 61.0 Å². The van der Waals surface area contributed by atoms with E-state index in [0.717, 1.165) is 34.1 Å². The summed E-state index contributed by atoms with van der Waals surface area (Å²) in [5.41, 5.74) is 6.08. The Morgan fingerprint density at radius 1 is 1.06 bits per heavy atom. The average molecular weight is 425 g/mol. The van der Waals surface area contributed by atoms with Gasteiger partial charge in [0.2, 0.25) is 0 Å². The van der Waals surface area contributed by atoms with Crippen LogP contribution >= 0.6 is 0 Å². The Bertz CT molecular complexity index is 1250. The van der Waals surface area contributed by atoms with Gasteiger partial charge in [-0.2, -0.15) is 0 Å². The van der Waals surface area contributed by atoms with Crippen LogP contribution in [0.15, 0.2) is 84.0 Å². The molecule has 4 heteroatoms. The molecule has 4 rings (SSSR count). The number of ether oxygens (including phenoxy) is 1. The fourth-order valence-corrected chi connectivity index (χ4v) is 3.89. The molecular weight excluding hydrogens is 396 g/mol. The highest BCUT2D eigenvalue weighted by Gasteiger charge is 2.10. The van der Waals surface area contributed by atoms with Crippen LogP contribution in [0.4, 0.5) is 5.69 Å². The maximum atomic E-state index is 11.9. The van der Waals surface area contributed by atoms with Gasteiger partial charge in [0.15, 0.2) is 0 Å². The Kier molecular flexibility index (Phi) is 6.50. The topological polar surface area (TPSA) is 43.6 Å². The van der Waals surface area contributed by atoms with Crippen LogP contribution in [0.2, 0.25) is 0 Å². The Morgan fingerprint density at radius 3 is 2.59 bits per heavy atom. The van der Waals surface area contributed by atoms with Crippen LogP contribution in [0.5, 0.6) is 0 Å². The number of aliphatic imine (C=N–C) groups is 1. The lowest BCUT2D eigenvalue weighted by atomic mass is 9.99. The molecule has 0 bridgehead atoms. The van der Waals surface area contributed by atoms with Crippen molar-refractivity contribution in [3.8, 4) is 0 Å². The fraction of sp³-hybridized carbons (Fsp3) is 0.214. The highest BCUT2D eigenvalue weighted by molar-refractivity contribution is 6.00. The maximum absolute atomic E-state index is 11.9. The Hall–Kier alpha value is -3.66. The molecule has 1 heterocycles. The lowest BCUT2D eigenvalue weighted by Gasteiger charge is -2.08. The third-order valence-electron chi connectivity index (χ3n) is 5.95. The molecule has 4 nitrogen and oxygen atoms in total. The molecule has 162 valence electrons. The normalized spacial score (nSPS) is 12.3. The molecule has 0 unspecified atom stereocenters. The summed E-state index contributed by atoms with van der Waals surface area (Å²) in [7, 11) is 1.40. The van der Waals surface area contributed by atoms with Crippen LogP contribution in [0.3, 0.4) is 0 Å². The van der Waals surface area contributed by atoms with E-state index >= 15 is 0 Å². The molecular formula is C28H28N2O2. The van der Waals surface area contributed by atoms with E-state index in [1.165, 1.54) is 12.7 Å². The SMILES string of the molecule is CC[C@@H](C)c1ccc(N=Cc2cn(Cc3cccc(C(=O)OC)c3)c3ccccc23)cc1. The van der Waals surface area contributed by atoms with E-state index in [-0.39, 0.29) is 5.97 Å². The second kappa shape index (κ2) is 9.65. The minimum Gasteiger partial charge on any atom is -0.465 e. The smallest absolute Gasteiger partial charge is 0.337 e. The van der Waals surface area contributed by atoms with Gasteiger partial charge < -0.3 is 9.30 Å². The van der Waals surface area contributed by atoms with Gasteiger partial charge in [-0.3, -0.25) is 4.99 Å². The second-order valence-electron chi connectivity index (χ2n) is 8.08. The van der Waals surface area contributed by atoms with Gasteiger partial charge in [0.1, 0.15) is 0 Å². The van der Waals surface area contributed by atoms with Gasteiger partial charge in [0.05, 0.1) is 18.4 Å². The third-order valence-corrected chi connectivity index (χ3v) is 5.95. The number of methoxy groups -OCH3 is 1. The van der Waals surface area contributed by atoms with Crippen molar-refractivity contribution in [1.29, 1.82) is 0 Å². The second-order valence-corrected chi connectivity index (χ2v) is 8.08. The monoisotopic (exact) mass is 424 g/mol. The van der Waals surface area contributed by atoms with Crippen molar-refractivity contribution < 1.29 is 9.53 Å². The number of hydrogen-bond donors (Lipinski definition) is 0. The Balaban J connectivity index is 1.62. The van der Waals surface area contributed by atoms with Crippen molar-refractivity contribution in [2.24, 2.45) is 4.99 Å². The van der Waals surface area contributed by atoms with Gasteiger partial charge in [-0.25, -0.2) is 4.79 Å². The highest BCUT2D eigenvalue weighted by Crippen LogP contribution is 2.24. The summed E-state index contributed by atoms with van der Waals surface area (Å²) in [6.45, 7) is 5.11. The van der Waals surface area contributed by atoms with Gasteiger partial charge in [0.25, 0.3) is 0 Å². The lowest BCUT2D eigenvalue weighted by molar-refractivity contribution is 0.0600. The Morgan fingerprint density at radius 2 is 1.84 bits per heavy atom. The van der Waals surface area contributed by atoms with Gasteiger partial charge in [-0.15, -0.1) is 0 Å². The first kappa shape index (κ1) is 21.6. The summed E-state index contributed by atoms with van der Waals surface area (Å²) in [6.07, 6.45) is 5.18. The third kappa shape index (κ3) is 4.65. The zero-order chi connectivity index (χ0) is 22.5. The predicted octanol–water partition coefficient (Wildman–Crippen LogP) is 6.74. The van der Waals surface area contributed by atoms with Crippen LogP contribution in [-0.4, -0.2) is 23.9 Å². The summed E-state index contributed by atoms with van der Waals surface area (Å²) >= 11 is 0. The minimum atomic E-state index is -0.323.